The number of nitrogens with one attached hydrogen (secondary N) is 2. The van der Waals surface area contributed by atoms with Crippen molar-refractivity contribution in [3.63, 3.8) is 0 Å². The molecule has 0 saturated carbocycles. The van der Waals surface area contributed by atoms with Crippen molar-refractivity contribution >= 4 is 29.9 Å². The van der Waals surface area contributed by atoms with Crippen molar-refractivity contribution in [2.75, 3.05) is 39.9 Å². The topological polar surface area (TPSA) is 74.9 Å². The van der Waals surface area contributed by atoms with Crippen molar-refractivity contribution < 1.29 is 9.26 Å². The Morgan fingerprint density at radius 3 is 2.52 bits per heavy atom. The van der Waals surface area contributed by atoms with E-state index in [1.54, 1.807) is 7.05 Å². The van der Waals surface area contributed by atoms with Crippen LogP contribution in [0.1, 0.15) is 28.1 Å². The van der Waals surface area contributed by atoms with Crippen molar-refractivity contribution in [1.29, 1.82) is 0 Å². The smallest absolute Gasteiger partial charge is 0.191 e. The molecule has 0 atom stereocenters. The fraction of sp³-hybridized carbons (Fsp3) is 0.524. The third kappa shape index (κ3) is 6.97. The molecule has 2 N–H and O–H groups in total. The van der Waals surface area contributed by atoms with E-state index < -0.39 is 0 Å². The summed E-state index contributed by atoms with van der Waals surface area (Å²) in [5.41, 5.74) is 4.77. The molecule has 0 unspecified atom stereocenters. The molecular weight excluding hydrogens is 481 g/mol. The summed E-state index contributed by atoms with van der Waals surface area (Å²) >= 11 is 0. The summed E-state index contributed by atoms with van der Waals surface area (Å²) < 4.78 is 10.7. The number of aromatic nitrogens is 1. The Balaban J connectivity index is 0.00000300. The normalized spacial score (nSPS) is 15.1. The van der Waals surface area contributed by atoms with Gasteiger partial charge in [-0.15, -0.1) is 24.0 Å². The van der Waals surface area contributed by atoms with Gasteiger partial charge in [-0.2, -0.15) is 0 Å². The van der Waals surface area contributed by atoms with Crippen molar-refractivity contribution in [1.82, 2.24) is 20.7 Å². The zero-order chi connectivity index (χ0) is 19.8. The van der Waals surface area contributed by atoms with Gasteiger partial charge in [-0.1, -0.05) is 29.4 Å². The molecule has 0 bridgehead atoms. The summed E-state index contributed by atoms with van der Waals surface area (Å²) in [5, 5.41) is 10.8. The second kappa shape index (κ2) is 12.1. The number of hydrogen-bond donors (Lipinski definition) is 2. The van der Waals surface area contributed by atoms with E-state index in [1.807, 2.05) is 13.8 Å². The minimum absolute atomic E-state index is 0. The zero-order valence-electron chi connectivity index (χ0n) is 17.5. The van der Waals surface area contributed by atoms with Crippen molar-refractivity contribution in [2.24, 2.45) is 4.99 Å². The van der Waals surface area contributed by atoms with Crippen molar-refractivity contribution in [2.45, 2.75) is 33.4 Å². The summed E-state index contributed by atoms with van der Waals surface area (Å²) in [6.07, 6.45) is 0.857. The lowest BCUT2D eigenvalue weighted by molar-refractivity contribution is 0.0341. The Kier molecular flexibility index (Phi) is 9.89. The number of hydrogen-bond acceptors (Lipinski definition) is 5. The van der Waals surface area contributed by atoms with E-state index in [0.717, 1.165) is 69.8 Å². The molecule has 1 aliphatic rings. The average Bonchev–Trinajstić information content (AvgIpc) is 3.04. The van der Waals surface area contributed by atoms with Crippen molar-refractivity contribution in [3.05, 3.63) is 52.4 Å². The number of morpholine rings is 1. The van der Waals surface area contributed by atoms with Gasteiger partial charge < -0.3 is 19.9 Å². The number of benzene rings is 1. The van der Waals surface area contributed by atoms with Gasteiger partial charge >= 0.3 is 0 Å². The summed E-state index contributed by atoms with van der Waals surface area (Å²) in [6.45, 7) is 10.0. The lowest BCUT2D eigenvalue weighted by Gasteiger charge is -2.27. The number of guanidine groups is 1. The van der Waals surface area contributed by atoms with E-state index in [4.69, 9.17) is 9.26 Å². The van der Waals surface area contributed by atoms with Gasteiger partial charge in [0.1, 0.15) is 5.76 Å². The van der Waals surface area contributed by atoms with Gasteiger partial charge in [0, 0.05) is 45.3 Å². The Hall–Kier alpha value is -1.65. The molecule has 0 amide bonds. The maximum atomic E-state index is 5.45. The molecule has 8 heteroatoms. The number of ether oxygens (including phenoxy) is 1. The minimum atomic E-state index is 0. The lowest BCUT2D eigenvalue weighted by Crippen LogP contribution is -2.38. The Morgan fingerprint density at radius 2 is 1.86 bits per heavy atom. The van der Waals surface area contributed by atoms with Crippen LogP contribution in [0.15, 0.2) is 33.8 Å². The summed E-state index contributed by atoms with van der Waals surface area (Å²) in [6, 6.07) is 8.59. The SMILES string of the molecule is CN=C(NCCc1c(C)noc1C)NCc1ccccc1CN1CCOCC1.I. The fourth-order valence-corrected chi connectivity index (χ4v) is 3.45. The van der Waals surface area contributed by atoms with E-state index >= 15 is 0 Å². The second-order valence-electron chi connectivity index (χ2n) is 7.06. The molecule has 1 fully saturated rings. The highest BCUT2D eigenvalue weighted by atomic mass is 127. The molecule has 1 aliphatic heterocycles. The van der Waals surface area contributed by atoms with Crippen LogP contribution in [0.2, 0.25) is 0 Å². The van der Waals surface area contributed by atoms with Gasteiger partial charge in [0.15, 0.2) is 5.96 Å². The molecule has 3 rings (SSSR count). The van der Waals surface area contributed by atoms with Crippen LogP contribution in [0.4, 0.5) is 0 Å². The van der Waals surface area contributed by atoms with Crippen LogP contribution in [-0.4, -0.2) is 55.9 Å². The number of aryl methyl sites for hydroxylation is 2. The van der Waals surface area contributed by atoms with E-state index in [9.17, 15) is 0 Å². The van der Waals surface area contributed by atoms with Crippen LogP contribution < -0.4 is 10.6 Å². The zero-order valence-corrected chi connectivity index (χ0v) is 19.9. The van der Waals surface area contributed by atoms with Gasteiger partial charge in [0.2, 0.25) is 0 Å². The fourth-order valence-electron chi connectivity index (χ4n) is 3.45. The quantitative estimate of drug-likeness (QED) is 0.337. The van der Waals surface area contributed by atoms with Gasteiger partial charge in [-0.25, -0.2) is 0 Å². The van der Waals surface area contributed by atoms with Crippen molar-refractivity contribution in [3.8, 4) is 0 Å². The van der Waals surface area contributed by atoms with Gasteiger partial charge in [0.05, 0.1) is 18.9 Å². The molecular formula is C21H32IN5O2. The molecule has 1 saturated heterocycles. The van der Waals surface area contributed by atoms with Crippen LogP contribution in [0.25, 0.3) is 0 Å². The minimum Gasteiger partial charge on any atom is -0.379 e. The maximum absolute atomic E-state index is 5.45. The predicted molar refractivity (Wildman–Crippen MR) is 126 cm³/mol. The summed E-state index contributed by atoms with van der Waals surface area (Å²) in [5.74, 6) is 1.69. The molecule has 1 aromatic carbocycles. The first-order valence-corrected chi connectivity index (χ1v) is 9.90. The monoisotopic (exact) mass is 513 g/mol. The molecule has 1 aromatic heterocycles. The first kappa shape index (κ1) is 23.6. The molecule has 0 aliphatic carbocycles. The first-order valence-electron chi connectivity index (χ1n) is 9.90. The molecule has 7 nitrogen and oxygen atoms in total. The molecule has 160 valence electrons. The largest absolute Gasteiger partial charge is 0.379 e. The van der Waals surface area contributed by atoms with Crippen LogP contribution in [0, 0.1) is 13.8 Å². The summed E-state index contributed by atoms with van der Waals surface area (Å²) in [4.78, 5) is 6.78. The molecule has 2 aromatic rings. The van der Waals surface area contributed by atoms with Gasteiger partial charge in [-0.05, 0) is 31.4 Å². The van der Waals surface area contributed by atoms with E-state index in [-0.39, 0.29) is 24.0 Å². The molecule has 2 heterocycles. The molecule has 0 radical (unpaired) electrons. The number of nitrogens with zero attached hydrogens (tertiary/aromatic N) is 3. The van der Waals surface area contributed by atoms with E-state index in [2.05, 4.69) is 49.9 Å². The highest BCUT2D eigenvalue weighted by Crippen LogP contribution is 2.13. The second-order valence-corrected chi connectivity index (χ2v) is 7.06. The number of halogens is 1. The lowest BCUT2D eigenvalue weighted by atomic mass is 10.1. The predicted octanol–water partition coefficient (Wildman–Crippen LogP) is 2.65. The summed E-state index contributed by atoms with van der Waals surface area (Å²) in [7, 11) is 1.80. The Bertz CT molecular complexity index is 768. The third-order valence-electron chi connectivity index (χ3n) is 5.13. The Morgan fingerprint density at radius 1 is 1.14 bits per heavy atom. The van der Waals surface area contributed by atoms with Gasteiger partial charge in [-0.3, -0.25) is 9.89 Å². The first-order chi connectivity index (χ1) is 13.7. The third-order valence-corrected chi connectivity index (χ3v) is 5.13. The number of aliphatic imine (C=N–C) groups is 1. The Labute approximate surface area is 190 Å². The maximum Gasteiger partial charge on any atom is 0.191 e. The van der Waals surface area contributed by atoms with Crippen LogP contribution in [0.3, 0.4) is 0 Å². The molecule has 29 heavy (non-hydrogen) atoms. The highest BCUT2D eigenvalue weighted by molar-refractivity contribution is 14.0. The van der Waals surface area contributed by atoms with Crippen LogP contribution in [0.5, 0.6) is 0 Å². The van der Waals surface area contributed by atoms with Crippen LogP contribution >= 0.6 is 24.0 Å². The molecule has 0 spiro atoms. The van der Waals surface area contributed by atoms with E-state index in [1.165, 1.54) is 16.7 Å². The number of rotatable bonds is 7. The highest BCUT2D eigenvalue weighted by Gasteiger charge is 2.13. The average molecular weight is 513 g/mol. The van der Waals surface area contributed by atoms with Crippen LogP contribution in [-0.2, 0) is 24.2 Å². The standard InChI is InChI=1S/C21H31N5O2.HI/c1-16-20(17(2)28-25-16)8-9-23-21(22-3)24-14-18-6-4-5-7-19(18)15-26-10-12-27-13-11-26;/h4-7H,8-15H2,1-3H3,(H2,22,23,24);1H. The van der Waals surface area contributed by atoms with Gasteiger partial charge in [0.25, 0.3) is 0 Å². The van der Waals surface area contributed by atoms with E-state index in [0.29, 0.717) is 0 Å².